The standard InChI is InChI=1S/C15H30N2O2/c1-15(2,14(16)17-18)11-7-8-12-19-13-9-5-3-4-6-10-13/h13,18H,3-12H2,1-2H3,(H2,16,17). The van der Waals surface area contributed by atoms with Crippen LogP contribution in [-0.4, -0.2) is 23.8 Å². The molecule has 1 saturated carbocycles. The van der Waals surface area contributed by atoms with Crippen molar-refractivity contribution in [1.82, 2.24) is 0 Å². The number of nitrogens with two attached hydrogens (primary N) is 1. The molecule has 1 aliphatic rings. The molecule has 0 aromatic rings. The van der Waals surface area contributed by atoms with E-state index in [0.29, 0.717) is 11.9 Å². The predicted molar refractivity (Wildman–Crippen MR) is 78.5 cm³/mol. The number of amidine groups is 1. The normalized spacial score (nSPS) is 19.4. The van der Waals surface area contributed by atoms with Crippen LogP contribution in [0.3, 0.4) is 0 Å². The summed E-state index contributed by atoms with van der Waals surface area (Å²) in [5.41, 5.74) is 5.44. The van der Waals surface area contributed by atoms with Crippen molar-refractivity contribution in [1.29, 1.82) is 0 Å². The molecule has 4 heteroatoms. The first-order valence-corrected chi connectivity index (χ1v) is 7.66. The number of ether oxygens (including phenoxy) is 1. The van der Waals surface area contributed by atoms with E-state index in [1.807, 2.05) is 13.8 Å². The van der Waals surface area contributed by atoms with Crippen LogP contribution in [0.4, 0.5) is 0 Å². The van der Waals surface area contributed by atoms with E-state index >= 15 is 0 Å². The van der Waals surface area contributed by atoms with Gasteiger partial charge in [-0.3, -0.25) is 0 Å². The second-order valence-corrected chi connectivity index (χ2v) is 6.31. The molecule has 0 radical (unpaired) electrons. The summed E-state index contributed by atoms with van der Waals surface area (Å²) < 4.78 is 5.95. The summed E-state index contributed by atoms with van der Waals surface area (Å²) in [6, 6.07) is 0. The fraction of sp³-hybridized carbons (Fsp3) is 0.933. The maximum Gasteiger partial charge on any atom is 0.144 e. The number of oxime groups is 1. The molecule has 3 N–H and O–H groups in total. The van der Waals surface area contributed by atoms with Gasteiger partial charge in [-0.1, -0.05) is 51.1 Å². The minimum Gasteiger partial charge on any atom is -0.409 e. The summed E-state index contributed by atoms with van der Waals surface area (Å²) in [5.74, 6) is 0.317. The molecule has 0 atom stereocenters. The lowest BCUT2D eigenvalue weighted by Crippen LogP contribution is -2.31. The Hall–Kier alpha value is -0.770. The topological polar surface area (TPSA) is 67.8 Å². The van der Waals surface area contributed by atoms with Crippen LogP contribution < -0.4 is 5.73 Å². The van der Waals surface area contributed by atoms with E-state index in [1.54, 1.807) is 0 Å². The van der Waals surface area contributed by atoms with Gasteiger partial charge in [0.05, 0.1) is 6.10 Å². The van der Waals surface area contributed by atoms with Crippen LogP contribution >= 0.6 is 0 Å². The summed E-state index contributed by atoms with van der Waals surface area (Å²) in [6.45, 7) is 4.86. The van der Waals surface area contributed by atoms with E-state index in [1.165, 1.54) is 38.5 Å². The van der Waals surface area contributed by atoms with Crippen molar-refractivity contribution < 1.29 is 9.94 Å². The van der Waals surface area contributed by atoms with Gasteiger partial charge in [0, 0.05) is 12.0 Å². The Morgan fingerprint density at radius 3 is 2.42 bits per heavy atom. The first-order chi connectivity index (χ1) is 9.06. The van der Waals surface area contributed by atoms with Crippen LogP contribution in [0.1, 0.15) is 71.6 Å². The Morgan fingerprint density at radius 1 is 1.21 bits per heavy atom. The van der Waals surface area contributed by atoms with Crippen molar-refractivity contribution in [2.75, 3.05) is 6.61 Å². The molecular weight excluding hydrogens is 240 g/mol. The molecule has 1 rings (SSSR count). The zero-order valence-corrected chi connectivity index (χ0v) is 12.5. The molecule has 0 heterocycles. The van der Waals surface area contributed by atoms with Crippen molar-refractivity contribution >= 4 is 5.84 Å². The zero-order valence-electron chi connectivity index (χ0n) is 12.5. The van der Waals surface area contributed by atoms with Crippen molar-refractivity contribution in [2.45, 2.75) is 77.7 Å². The molecule has 19 heavy (non-hydrogen) atoms. The molecule has 4 nitrogen and oxygen atoms in total. The molecule has 0 unspecified atom stereocenters. The lowest BCUT2D eigenvalue weighted by Gasteiger charge is -2.22. The van der Waals surface area contributed by atoms with Crippen LogP contribution in [0.25, 0.3) is 0 Å². The average Bonchev–Trinajstić information content (AvgIpc) is 2.66. The molecule has 0 aromatic heterocycles. The van der Waals surface area contributed by atoms with E-state index in [4.69, 9.17) is 15.7 Å². The third-order valence-electron chi connectivity index (χ3n) is 4.15. The molecular formula is C15H30N2O2. The molecule has 112 valence electrons. The largest absolute Gasteiger partial charge is 0.409 e. The van der Waals surface area contributed by atoms with E-state index < -0.39 is 0 Å². The Morgan fingerprint density at radius 2 is 1.84 bits per heavy atom. The second-order valence-electron chi connectivity index (χ2n) is 6.31. The molecule has 0 saturated heterocycles. The van der Waals surface area contributed by atoms with Crippen LogP contribution in [0.5, 0.6) is 0 Å². The summed E-state index contributed by atoms with van der Waals surface area (Å²) in [5, 5.41) is 11.8. The fourth-order valence-electron chi connectivity index (χ4n) is 2.59. The summed E-state index contributed by atoms with van der Waals surface area (Å²) in [4.78, 5) is 0. The highest BCUT2D eigenvalue weighted by Gasteiger charge is 2.22. The van der Waals surface area contributed by atoms with E-state index in [2.05, 4.69) is 5.16 Å². The van der Waals surface area contributed by atoms with Crippen molar-refractivity contribution in [3.63, 3.8) is 0 Å². The molecule has 0 amide bonds. The zero-order chi connectivity index (χ0) is 14.1. The third-order valence-corrected chi connectivity index (χ3v) is 4.15. The van der Waals surface area contributed by atoms with Gasteiger partial charge in [0.1, 0.15) is 5.84 Å². The van der Waals surface area contributed by atoms with E-state index in [9.17, 15) is 0 Å². The quantitative estimate of drug-likeness (QED) is 0.185. The van der Waals surface area contributed by atoms with E-state index in [0.717, 1.165) is 25.9 Å². The van der Waals surface area contributed by atoms with E-state index in [-0.39, 0.29) is 5.41 Å². The maximum atomic E-state index is 8.71. The number of rotatable bonds is 7. The Bertz CT molecular complexity index is 269. The fourth-order valence-corrected chi connectivity index (χ4v) is 2.59. The molecule has 0 bridgehead atoms. The van der Waals surface area contributed by atoms with Crippen molar-refractivity contribution in [2.24, 2.45) is 16.3 Å². The first kappa shape index (κ1) is 16.3. The Balaban J connectivity index is 2.10. The highest BCUT2D eigenvalue weighted by molar-refractivity contribution is 5.85. The van der Waals surface area contributed by atoms with Crippen LogP contribution in [-0.2, 0) is 4.74 Å². The van der Waals surface area contributed by atoms with Gasteiger partial charge in [-0.15, -0.1) is 0 Å². The summed E-state index contributed by atoms with van der Waals surface area (Å²) in [6.07, 6.45) is 11.4. The first-order valence-electron chi connectivity index (χ1n) is 7.66. The van der Waals surface area contributed by atoms with Gasteiger partial charge < -0.3 is 15.7 Å². The number of nitrogens with zero attached hydrogens (tertiary/aromatic N) is 1. The minimum atomic E-state index is -0.225. The average molecular weight is 270 g/mol. The third kappa shape index (κ3) is 6.28. The van der Waals surface area contributed by atoms with Crippen molar-refractivity contribution in [3.8, 4) is 0 Å². The molecule has 1 aliphatic carbocycles. The highest BCUT2D eigenvalue weighted by atomic mass is 16.5. The van der Waals surface area contributed by atoms with Gasteiger partial charge in [0.15, 0.2) is 0 Å². The number of hydrogen-bond acceptors (Lipinski definition) is 3. The van der Waals surface area contributed by atoms with Crippen LogP contribution in [0.2, 0.25) is 0 Å². The minimum absolute atomic E-state index is 0.225. The van der Waals surface area contributed by atoms with Gasteiger partial charge >= 0.3 is 0 Å². The lowest BCUT2D eigenvalue weighted by molar-refractivity contribution is 0.0402. The van der Waals surface area contributed by atoms with Gasteiger partial charge in [-0.25, -0.2) is 0 Å². The SMILES string of the molecule is CC(C)(CCCCOC1CCCCCC1)C(N)=NO. The van der Waals surface area contributed by atoms with Crippen molar-refractivity contribution in [3.05, 3.63) is 0 Å². The molecule has 0 aromatic carbocycles. The maximum absolute atomic E-state index is 8.71. The number of hydrogen-bond donors (Lipinski definition) is 2. The van der Waals surface area contributed by atoms with Crippen LogP contribution in [0, 0.1) is 5.41 Å². The Kier molecular flexibility index (Phi) is 7.21. The second kappa shape index (κ2) is 8.41. The van der Waals surface area contributed by atoms with Gasteiger partial charge in [-0.2, -0.15) is 0 Å². The predicted octanol–water partition coefficient (Wildman–Crippen LogP) is 3.67. The smallest absolute Gasteiger partial charge is 0.144 e. The number of unbranched alkanes of at least 4 members (excludes halogenated alkanes) is 1. The Labute approximate surface area is 117 Å². The van der Waals surface area contributed by atoms with Gasteiger partial charge in [0.25, 0.3) is 0 Å². The molecule has 1 fully saturated rings. The summed E-state index contributed by atoms with van der Waals surface area (Å²) >= 11 is 0. The van der Waals surface area contributed by atoms with Gasteiger partial charge in [0.2, 0.25) is 0 Å². The van der Waals surface area contributed by atoms with Crippen LogP contribution in [0.15, 0.2) is 5.16 Å². The molecule has 0 aliphatic heterocycles. The molecule has 0 spiro atoms. The summed E-state index contributed by atoms with van der Waals surface area (Å²) in [7, 11) is 0. The lowest BCUT2D eigenvalue weighted by atomic mass is 9.86. The highest BCUT2D eigenvalue weighted by Crippen LogP contribution is 2.24. The monoisotopic (exact) mass is 270 g/mol. The van der Waals surface area contributed by atoms with Gasteiger partial charge in [-0.05, 0) is 25.7 Å².